The molecule has 49 heavy (non-hydrogen) atoms. The van der Waals surface area contributed by atoms with Crippen molar-refractivity contribution in [1.82, 2.24) is 30.5 Å². The molecular formula is C38H42N6O4S. The average Bonchev–Trinajstić information content (AvgIpc) is 3.91. The van der Waals surface area contributed by atoms with Gasteiger partial charge in [-0.05, 0) is 67.0 Å². The zero-order valence-corrected chi connectivity index (χ0v) is 28.8. The zero-order valence-electron chi connectivity index (χ0n) is 28.0. The predicted octanol–water partition coefficient (Wildman–Crippen LogP) is 6.09. The van der Waals surface area contributed by atoms with Crippen LogP contribution in [0.1, 0.15) is 86.8 Å². The summed E-state index contributed by atoms with van der Waals surface area (Å²) in [5.41, 5.74) is 5.23. The highest BCUT2D eigenvalue weighted by atomic mass is 32.1. The summed E-state index contributed by atoms with van der Waals surface area (Å²) in [6, 6.07) is 16.1. The maximum Gasteiger partial charge on any atom is 0.254 e. The van der Waals surface area contributed by atoms with E-state index in [4.69, 9.17) is 4.42 Å². The second-order valence-electron chi connectivity index (χ2n) is 12.9. The molecule has 0 spiro atoms. The van der Waals surface area contributed by atoms with Gasteiger partial charge in [0.25, 0.3) is 11.8 Å². The summed E-state index contributed by atoms with van der Waals surface area (Å²) in [5, 5.41) is 20.8. The van der Waals surface area contributed by atoms with Gasteiger partial charge in [0.15, 0.2) is 0 Å². The van der Waals surface area contributed by atoms with Crippen LogP contribution >= 0.6 is 11.3 Å². The summed E-state index contributed by atoms with van der Waals surface area (Å²) in [6.45, 7) is 7.58. The molecule has 11 heteroatoms. The van der Waals surface area contributed by atoms with E-state index < -0.39 is 18.1 Å². The number of hydrogen-bond donors (Lipinski definition) is 3. The third-order valence-electron chi connectivity index (χ3n) is 8.80. The first-order valence-electron chi connectivity index (χ1n) is 16.7. The highest BCUT2D eigenvalue weighted by Crippen LogP contribution is 2.35. The molecule has 3 aromatic heterocycles. The molecule has 1 aliphatic heterocycles. The first-order chi connectivity index (χ1) is 23.7. The fraction of sp³-hybridized carbons (Fsp3) is 0.342. The van der Waals surface area contributed by atoms with Crippen LogP contribution in [0.5, 0.6) is 0 Å². The van der Waals surface area contributed by atoms with Crippen LogP contribution in [0, 0.1) is 6.92 Å². The summed E-state index contributed by atoms with van der Waals surface area (Å²) >= 11 is 1.56. The number of pyridine rings is 1. The fourth-order valence-corrected chi connectivity index (χ4v) is 7.10. The quantitative estimate of drug-likeness (QED) is 0.136. The van der Waals surface area contributed by atoms with Gasteiger partial charge < -0.3 is 25.1 Å². The topological polar surface area (TPSA) is 133 Å². The lowest BCUT2D eigenvalue weighted by Gasteiger charge is -2.26. The van der Waals surface area contributed by atoms with Crippen LogP contribution in [0.3, 0.4) is 0 Å². The number of benzene rings is 2. The van der Waals surface area contributed by atoms with E-state index in [9.17, 15) is 14.7 Å². The Balaban J connectivity index is 1.23. The summed E-state index contributed by atoms with van der Waals surface area (Å²) in [4.78, 5) is 43.2. The van der Waals surface area contributed by atoms with Crippen molar-refractivity contribution in [3.05, 3.63) is 123 Å². The van der Waals surface area contributed by atoms with Crippen LogP contribution < -0.4 is 10.6 Å². The fourth-order valence-electron chi connectivity index (χ4n) is 6.16. The van der Waals surface area contributed by atoms with Crippen molar-refractivity contribution < 1.29 is 19.1 Å². The molecule has 4 heterocycles. The van der Waals surface area contributed by atoms with E-state index in [-0.39, 0.29) is 24.1 Å². The van der Waals surface area contributed by atoms with Gasteiger partial charge in [0, 0.05) is 59.8 Å². The molecule has 2 aromatic carbocycles. The van der Waals surface area contributed by atoms with Crippen LogP contribution in [0.4, 0.5) is 0 Å². The number of aliphatic hydroxyl groups is 1. The Morgan fingerprint density at radius 3 is 2.63 bits per heavy atom. The third kappa shape index (κ3) is 8.48. The minimum Gasteiger partial charge on any atom is -0.445 e. The standard InChI is InChI=1S/C38H42N6O4S/c1-24(2)31-14-27(19-39-21-31)20-40-22-34(45)32(15-26-8-5-4-6-9-26)43-35(46)28-16-29(36-41-11-13-48-36)18-30(17-28)38(47)44-12-7-10-33(44)37-42-25(3)23-49-37/h4-6,8-9,11,13-14,16-19,21,23-24,32-34,40,45H,7,10,12,15,20,22H2,1-3H3,(H,43,46). The number of hydrogen-bond acceptors (Lipinski definition) is 9. The van der Waals surface area contributed by atoms with Crippen LogP contribution in [0.25, 0.3) is 11.5 Å². The molecule has 6 rings (SSSR count). The molecule has 5 aromatic rings. The van der Waals surface area contributed by atoms with Gasteiger partial charge in [-0.1, -0.05) is 50.2 Å². The van der Waals surface area contributed by atoms with Crippen molar-refractivity contribution in [2.45, 2.75) is 70.7 Å². The van der Waals surface area contributed by atoms with E-state index in [0.29, 0.717) is 42.4 Å². The van der Waals surface area contributed by atoms with Gasteiger partial charge >= 0.3 is 0 Å². The van der Waals surface area contributed by atoms with Gasteiger partial charge in [-0.25, -0.2) is 9.97 Å². The molecule has 3 atom stereocenters. The summed E-state index contributed by atoms with van der Waals surface area (Å²) in [6.07, 6.45) is 7.87. The number of aryl methyl sites for hydroxylation is 1. The van der Waals surface area contributed by atoms with Gasteiger partial charge in [-0.3, -0.25) is 14.6 Å². The molecule has 1 fully saturated rings. The second kappa shape index (κ2) is 15.7. The third-order valence-corrected chi connectivity index (χ3v) is 9.87. The number of aromatic nitrogens is 3. The van der Waals surface area contributed by atoms with E-state index >= 15 is 0 Å². The lowest BCUT2D eigenvalue weighted by Crippen LogP contribution is -2.48. The Morgan fingerprint density at radius 1 is 1.08 bits per heavy atom. The number of nitrogens with zero attached hydrogens (tertiary/aromatic N) is 4. The van der Waals surface area contributed by atoms with Gasteiger partial charge in [-0.2, -0.15) is 0 Å². The number of thiazole rings is 1. The monoisotopic (exact) mass is 678 g/mol. The maximum absolute atomic E-state index is 14.1. The van der Waals surface area contributed by atoms with Crippen molar-refractivity contribution in [3.63, 3.8) is 0 Å². The molecule has 0 radical (unpaired) electrons. The largest absolute Gasteiger partial charge is 0.445 e. The highest BCUT2D eigenvalue weighted by Gasteiger charge is 2.33. The van der Waals surface area contributed by atoms with E-state index in [1.54, 1.807) is 29.5 Å². The van der Waals surface area contributed by atoms with Gasteiger partial charge in [0.05, 0.1) is 24.4 Å². The van der Waals surface area contributed by atoms with Crippen LogP contribution in [0.2, 0.25) is 0 Å². The van der Waals surface area contributed by atoms with Crippen molar-refractivity contribution in [1.29, 1.82) is 0 Å². The number of rotatable bonds is 13. The number of nitrogens with one attached hydrogen (secondary N) is 2. The molecule has 3 unspecified atom stereocenters. The molecule has 3 N–H and O–H groups in total. The number of carbonyl (C=O) groups is 2. The van der Waals surface area contributed by atoms with Crippen molar-refractivity contribution >= 4 is 23.2 Å². The van der Waals surface area contributed by atoms with Crippen LogP contribution in [-0.2, 0) is 13.0 Å². The number of amides is 2. The maximum atomic E-state index is 14.1. The van der Waals surface area contributed by atoms with Crippen molar-refractivity contribution in [2.75, 3.05) is 13.1 Å². The van der Waals surface area contributed by atoms with E-state index in [0.717, 1.165) is 40.2 Å². The number of aliphatic hydroxyl groups excluding tert-OH is 1. The molecule has 0 aliphatic carbocycles. The van der Waals surface area contributed by atoms with E-state index in [1.807, 2.05) is 59.9 Å². The number of carbonyl (C=O) groups excluding carboxylic acids is 2. The molecular weight excluding hydrogens is 637 g/mol. The Morgan fingerprint density at radius 2 is 1.90 bits per heavy atom. The van der Waals surface area contributed by atoms with Gasteiger partial charge in [0.2, 0.25) is 5.89 Å². The lowest BCUT2D eigenvalue weighted by molar-refractivity contribution is 0.0735. The molecule has 254 valence electrons. The molecule has 2 amide bonds. The molecule has 10 nitrogen and oxygen atoms in total. The normalized spacial score (nSPS) is 15.8. The van der Waals surface area contributed by atoms with E-state index in [2.05, 4.69) is 45.5 Å². The summed E-state index contributed by atoms with van der Waals surface area (Å²) in [7, 11) is 0. The molecule has 1 saturated heterocycles. The number of oxazole rings is 1. The van der Waals surface area contributed by atoms with E-state index in [1.165, 1.54) is 12.5 Å². The van der Waals surface area contributed by atoms with Gasteiger partial charge in [0.1, 0.15) is 11.3 Å². The SMILES string of the molecule is Cc1csc(C2CCCN2C(=O)c2cc(C(=O)NC(Cc3ccccc3)C(O)CNCc3cncc(C(C)C)c3)cc(-c3ncco3)c2)n1. The minimum absolute atomic E-state index is 0.115. The smallest absolute Gasteiger partial charge is 0.254 e. The summed E-state index contributed by atoms with van der Waals surface area (Å²) < 4.78 is 5.58. The van der Waals surface area contributed by atoms with Crippen molar-refractivity contribution in [3.8, 4) is 11.5 Å². The minimum atomic E-state index is -0.909. The Bertz CT molecular complexity index is 1860. The average molecular weight is 679 g/mol. The first kappa shape index (κ1) is 34.2. The Hall–Kier alpha value is -4.71. The molecule has 1 aliphatic rings. The first-order valence-corrected chi connectivity index (χ1v) is 17.6. The lowest BCUT2D eigenvalue weighted by atomic mass is 9.99. The highest BCUT2D eigenvalue weighted by molar-refractivity contribution is 7.09. The number of likely N-dealkylation sites (tertiary alicyclic amines) is 1. The Labute approximate surface area is 290 Å². The van der Waals surface area contributed by atoms with Crippen LogP contribution in [-0.4, -0.2) is 62.0 Å². The predicted molar refractivity (Wildman–Crippen MR) is 189 cm³/mol. The Kier molecular flexibility index (Phi) is 10.9. The van der Waals surface area contributed by atoms with Crippen LogP contribution in [0.15, 0.2) is 89.2 Å². The molecule has 0 bridgehead atoms. The zero-order chi connectivity index (χ0) is 34.3. The molecule has 0 saturated carbocycles. The second-order valence-corrected chi connectivity index (χ2v) is 13.8. The van der Waals surface area contributed by atoms with Gasteiger partial charge in [-0.15, -0.1) is 11.3 Å². The van der Waals surface area contributed by atoms with Crippen molar-refractivity contribution in [2.24, 2.45) is 0 Å². The summed E-state index contributed by atoms with van der Waals surface area (Å²) in [5.74, 6) is 0.0717.